The molecule has 0 amide bonds. The van der Waals surface area contributed by atoms with E-state index in [9.17, 15) is 0 Å². The van der Waals surface area contributed by atoms with E-state index in [4.69, 9.17) is 11.6 Å². The van der Waals surface area contributed by atoms with Crippen LogP contribution in [-0.4, -0.2) is 0 Å². The van der Waals surface area contributed by atoms with E-state index in [1.165, 1.54) is 5.56 Å². The molecule has 0 N–H and O–H groups in total. The molecule has 1 aromatic carbocycles. The second kappa shape index (κ2) is 3.59. The van der Waals surface area contributed by atoms with Gasteiger partial charge in [0.2, 0.25) is 0 Å². The van der Waals surface area contributed by atoms with Crippen LogP contribution in [0.3, 0.4) is 0 Å². The Bertz CT molecular complexity index is 253. The Balaban J connectivity index is 2.95. The number of halogens is 1. The van der Waals surface area contributed by atoms with Crippen molar-refractivity contribution in [3.63, 3.8) is 0 Å². The van der Waals surface area contributed by atoms with Gasteiger partial charge in [-0.3, -0.25) is 0 Å². The van der Waals surface area contributed by atoms with E-state index in [0.717, 1.165) is 5.02 Å². The van der Waals surface area contributed by atoms with E-state index in [2.05, 4.69) is 19.6 Å². The molecule has 11 heavy (non-hydrogen) atoms. The van der Waals surface area contributed by atoms with Gasteiger partial charge < -0.3 is 0 Å². The molecule has 0 aliphatic heterocycles. The summed E-state index contributed by atoms with van der Waals surface area (Å²) in [5, 5.41) is 0.788. The molecule has 1 atom stereocenters. The lowest BCUT2D eigenvalue weighted by molar-refractivity contribution is 0.971. The first-order valence-corrected chi connectivity index (χ1v) is 4.00. The molecule has 0 aliphatic carbocycles. The Morgan fingerprint density at radius 1 is 1.55 bits per heavy atom. The van der Waals surface area contributed by atoms with Crippen molar-refractivity contribution in [2.45, 2.75) is 12.8 Å². The molecule has 1 aromatic rings. The van der Waals surface area contributed by atoms with Crippen LogP contribution in [0.4, 0.5) is 0 Å². The van der Waals surface area contributed by atoms with Crippen LogP contribution in [0, 0.1) is 0 Å². The van der Waals surface area contributed by atoms with Gasteiger partial charge in [0.1, 0.15) is 0 Å². The van der Waals surface area contributed by atoms with E-state index < -0.39 is 0 Å². The summed E-state index contributed by atoms with van der Waals surface area (Å²) in [5.41, 5.74) is 1.22. The first-order chi connectivity index (χ1) is 5.24. The highest BCUT2D eigenvalue weighted by Crippen LogP contribution is 2.19. The molecule has 58 valence electrons. The van der Waals surface area contributed by atoms with E-state index in [-0.39, 0.29) is 0 Å². The van der Waals surface area contributed by atoms with Crippen LogP contribution in [0.1, 0.15) is 18.4 Å². The molecule has 1 heteroatoms. The Labute approximate surface area is 72.5 Å². The zero-order valence-electron chi connectivity index (χ0n) is 6.55. The summed E-state index contributed by atoms with van der Waals surface area (Å²) in [4.78, 5) is 0. The summed E-state index contributed by atoms with van der Waals surface area (Å²) in [5.74, 6) is 0.383. The lowest BCUT2D eigenvalue weighted by Crippen LogP contribution is -1.86. The molecule has 0 saturated carbocycles. The molecule has 0 bridgehead atoms. The van der Waals surface area contributed by atoms with Crippen LogP contribution >= 0.6 is 11.6 Å². The zero-order valence-corrected chi connectivity index (χ0v) is 7.31. The summed E-state index contributed by atoms with van der Waals surface area (Å²) < 4.78 is 0. The van der Waals surface area contributed by atoms with Gasteiger partial charge in [0.05, 0.1) is 0 Å². The Kier molecular flexibility index (Phi) is 2.72. The smallest absolute Gasteiger partial charge is 0.0408 e. The Morgan fingerprint density at radius 3 is 2.82 bits per heavy atom. The normalized spacial score (nSPS) is 12.5. The molecular weight excluding hydrogens is 156 g/mol. The van der Waals surface area contributed by atoms with Crippen LogP contribution in [0.2, 0.25) is 5.02 Å². The predicted molar refractivity (Wildman–Crippen MR) is 50.1 cm³/mol. The minimum absolute atomic E-state index is 0.383. The van der Waals surface area contributed by atoms with Crippen molar-refractivity contribution in [1.29, 1.82) is 0 Å². The van der Waals surface area contributed by atoms with Crippen LogP contribution in [0.5, 0.6) is 0 Å². The highest BCUT2D eigenvalue weighted by molar-refractivity contribution is 6.30. The molecule has 1 rings (SSSR count). The fraction of sp³-hybridized carbons (Fsp3) is 0.200. The molecule has 0 saturated heterocycles. The lowest BCUT2D eigenvalue weighted by atomic mass is 10.0. The summed E-state index contributed by atoms with van der Waals surface area (Å²) in [7, 11) is 0. The first-order valence-electron chi connectivity index (χ1n) is 3.62. The summed E-state index contributed by atoms with van der Waals surface area (Å²) >= 11 is 5.81. The largest absolute Gasteiger partial charge is 0.102 e. The van der Waals surface area contributed by atoms with Crippen molar-refractivity contribution in [3.8, 4) is 0 Å². The highest BCUT2D eigenvalue weighted by atomic mass is 35.5. The molecule has 0 fully saturated rings. The molecule has 0 spiro atoms. The van der Waals surface area contributed by atoms with Crippen molar-refractivity contribution < 1.29 is 0 Å². The highest BCUT2D eigenvalue weighted by Gasteiger charge is 1.99. The van der Waals surface area contributed by atoms with E-state index in [1.54, 1.807) is 0 Å². The van der Waals surface area contributed by atoms with Crippen molar-refractivity contribution in [2.75, 3.05) is 0 Å². The second-order valence-corrected chi connectivity index (χ2v) is 3.02. The van der Waals surface area contributed by atoms with Crippen molar-refractivity contribution in [2.24, 2.45) is 0 Å². The van der Waals surface area contributed by atoms with Crippen LogP contribution in [-0.2, 0) is 0 Å². The Morgan fingerprint density at radius 2 is 2.27 bits per heavy atom. The van der Waals surface area contributed by atoms with Crippen molar-refractivity contribution >= 4 is 11.6 Å². The number of hydrogen-bond donors (Lipinski definition) is 0. The van der Waals surface area contributed by atoms with E-state index in [0.29, 0.717) is 5.92 Å². The maximum atomic E-state index is 5.81. The van der Waals surface area contributed by atoms with Crippen LogP contribution in [0.15, 0.2) is 36.9 Å². The average Bonchev–Trinajstić information content (AvgIpc) is 2.03. The standard InChI is InChI=1S/C10H11Cl/c1-3-8(2)9-5-4-6-10(11)7-9/h3-8H,1H2,2H3. The molecular formula is C10H11Cl. The molecule has 0 radical (unpaired) electrons. The van der Waals surface area contributed by atoms with Crippen LogP contribution in [0.25, 0.3) is 0 Å². The van der Waals surface area contributed by atoms with Gasteiger partial charge in [0, 0.05) is 5.02 Å². The van der Waals surface area contributed by atoms with Gasteiger partial charge in [-0.15, -0.1) is 6.58 Å². The van der Waals surface area contributed by atoms with Crippen LogP contribution < -0.4 is 0 Å². The third-order valence-electron chi connectivity index (χ3n) is 1.73. The van der Waals surface area contributed by atoms with Gasteiger partial charge in [-0.2, -0.15) is 0 Å². The summed E-state index contributed by atoms with van der Waals surface area (Å²) in [6.07, 6.45) is 1.91. The number of rotatable bonds is 2. The topological polar surface area (TPSA) is 0 Å². The second-order valence-electron chi connectivity index (χ2n) is 2.58. The molecule has 1 unspecified atom stereocenters. The number of allylic oxidation sites excluding steroid dienone is 1. The third-order valence-corrected chi connectivity index (χ3v) is 1.96. The maximum Gasteiger partial charge on any atom is 0.0408 e. The number of benzene rings is 1. The predicted octanol–water partition coefficient (Wildman–Crippen LogP) is 3.63. The number of hydrogen-bond acceptors (Lipinski definition) is 0. The van der Waals surface area contributed by atoms with E-state index in [1.807, 2.05) is 24.3 Å². The first kappa shape index (κ1) is 8.35. The maximum absolute atomic E-state index is 5.81. The van der Waals surface area contributed by atoms with Gasteiger partial charge in [-0.1, -0.05) is 36.7 Å². The van der Waals surface area contributed by atoms with Gasteiger partial charge in [0.25, 0.3) is 0 Å². The average molecular weight is 167 g/mol. The molecule has 0 aromatic heterocycles. The quantitative estimate of drug-likeness (QED) is 0.589. The monoisotopic (exact) mass is 166 g/mol. The Hall–Kier alpha value is -0.750. The van der Waals surface area contributed by atoms with Gasteiger partial charge in [-0.05, 0) is 23.6 Å². The lowest BCUT2D eigenvalue weighted by Gasteiger charge is -2.05. The minimum Gasteiger partial charge on any atom is -0.102 e. The van der Waals surface area contributed by atoms with Crippen molar-refractivity contribution in [1.82, 2.24) is 0 Å². The fourth-order valence-corrected chi connectivity index (χ4v) is 1.12. The third kappa shape index (κ3) is 2.09. The minimum atomic E-state index is 0.383. The molecule has 0 aliphatic rings. The van der Waals surface area contributed by atoms with Crippen molar-refractivity contribution in [3.05, 3.63) is 47.5 Å². The van der Waals surface area contributed by atoms with Gasteiger partial charge >= 0.3 is 0 Å². The summed E-state index contributed by atoms with van der Waals surface area (Å²) in [6, 6.07) is 7.85. The zero-order chi connectivity index (χ0) is 8.27. The summed E-state index contributed by atoms with van der Waals surface area (Å²) in [6.45, 7) is 5.82. The molecule has 0 nitrogen and oxygen atoms in total. The molecule has 0 heterocycles. The van der Waals surface area contributed by atoms with Gasteiger partial charge in [-0.25, -0.2) is 0 Å². The van der Waals surface area contributed by atoms with E-state index >= 15 is 0 Å². The fourth-order valence-electron chi connectivity index (χ4n) is 0.926. The van der Waals surface area contributed by atoms with Gasteiger partial charge in [0.15, 0.2) is 0 Å². The SMILES string of the molecule is C=CC(C)c1cccc(Cl)c1.